The molecule has 48 heavy (non-hydrogen) atoms. The van der Waals surface area contributed by atoms with Crippen molar-refractivity contribution >= 4 is 54.4 Å². The lowest BCUT2D eigenvalue weighted by Gasteiger charge is -2.12. The largest absolute Gasteiger partial charge is 0.309 e. The Bertz CT molecular complexity index is 2810. The highest BCUT2D eigenvalue weighted by Crippen LogP contribution is 2.43. The summed E-state index contributed by atoms with van der Waals surface area (Å²) in [6.45, 7) is 0. The van der Waals surface area contributed by atoms with E-state index in [-0.39, 0.29) is 0 Å². The molecule has 8 aromatic carbocycles. The molecule has 0 atom stereocenters. The van der Waals surface area contributed by atoms with Crippen LogP contribution >= 0.6 is 0 Å². The van der Waals surface area contributed by atoms with E-state index in [2.05, 4.69) is 185 Å². The highest BCUT2D eigenvalue weighted by Gasteiger charge is 2.20. The third kappa shape index (κ3) is 3.98. The first-order chi connectivity index (χ1) is 23.8. The van der Waals surface area contributed by atoms with Gasteiger partial charge >= 0.3 is 0 Å². The van der Waals surface area contributed by atoms with Crippen molar-refractivity contribution in [1.29, 1.82) is 0 Å². The van der Waals surface area contributed by atoms with Gasteiger partial charge in [0, 0.05) is 33.1 Å². The van der Waals surface area contributed by atoms with E-state index < -0.39 is 0 Å². The van der Waals surface area contributed by atoms with Gasteiger partial charge in [-0.15, -0.1) is 0 Å². The van der Waals surface area contributed by atoms with Crippen molar-refractivity contribution in [3.8, 4) is 33.9 Å². The van der Waals surface area contributed by atoms with Crippen molar-refractivity contribution in [3.05, 3.63) is 176 Å². The molecule has 10 rings (SSSR count). The van der Waals surface area contributed by atoms with Crippen LogP contribution in [0, 0.1) is 0 Å². The summed E-state index contributed by atoms with van der Waals surface area (Å²) in [6, 6.07) is 63.1. The Morgan fingerprint density at radius 2 is 0.896 bits per heavy atom. The van der Waals surface area contributed by atoms with E-state index in [1.807, 2.05) is 0 Å². The molecule has 0 saturated carbocycles. The van der Waals surface area contributed by atoms with Gasteiger partial charge in [0.25, 0.3) is 0 Å². The Morgan fingerprint density at radius 1 is 0.354 bits per heavy atom. The van der Waals surface area contributed by atoms with Gasteiger partial charge in [0.15, 0.2) is 0 Å². The fourth-order valence-corrected chi connectivity index (χ4v) is 7.57. The molecule has 0 aliphatic carbocycles. The van der Waals surface area contributed by atoms with Crippen LogP contribution in [0.15, 0.2) is 176 Å². The van der Waals surface area contributed by atoms with Crippen molar-refractivity contribution in [2.45, 2.75) is 0 Å². The Labute approximate surface area is 277 Å². The zero-order valence-electron chi connectivity index (χ0n) is 26.1. The minimum absolute atomic E-state index is 0.939. The molecule has 2 aromatic heterocycles. The number of fused-ring (bicyclic) bond motifs is 9. The molecule has 0 aliphatic heterocycles. The predicted octanol–water partition coefficient (Wildman–Crippen LogP) is 11.8. The molecule has 3 nitrogen and oxygen atoms in total. The van der Waals surface area contributed by atoms with Crippen LogP contribution < -0.4 is 0 Å². The molecule has 0 bridgehead atoms. The lowest BCUT2D eigenvalue weighted by molar-refractivity contribution is 1.10. The van der Waals surface area contributed by atoms with Gasteiger partial charge in [-0.05, 0) is 75.8 Å². The topological polar surface area (TPSA) is 22.8 Å². The summed E-state index contributed by atoms with van der Waals surface area (Å²) in [6.07, 6.45) is 0. The average Bonchev–Trinajstić information content (AvgIpc) is 3.72. The van der Waals surface area contributed by atoms with Gasteiger partial charge in [0.1, 0.15) is 5.82 Å². The fourth-order valence-electron chi connectivity index (χ4n) is 7.57. The van der Waals surface area contributed by atoms with Crippen LogP contribution in [0.2, 0.25) is 0 Å². The fraction of sp³-hybridized carbons (Fsp3) is 0. The van der Waals surface area contributed by atoms with Crippen molar-refractivity contribution in [2.75, 3.05) is 0 Å². The number of nitrogens with zero attached hydrogens (tertiary/aromatic N) is 3. The van der Waals surface area contributed by atoms with E-state index in [1.54, 1.807) is 0 Å². The van der Waals surface area contributed by atoms with Crippen LogP contribution in [0.3, 0.4) is 0 Å². The highest BCUT2D eigenvalue weighted by molar-refractivity contribution is 6.32. The Balaban J connectivity index is 1.19. The van der Waals surface area contributed by atoms with Crippen LogP contribution in [-0.2, 0) is 0 Å². The summed E-state index contributed by atoms with van der Waals surface area (Å²) in [7, 11) is 0. The highest BCUT2D eigenvalue weighted by atomic mass is 15.1. The molecule has 0 spiro atoms. The molecule has 2 heterocycles. The van der Waals surface area contributed by atoms with Gasteiger partial charge in [0.05, 0.1) is 22.1 Å². The summed E-state index contributed by atoms with van der Waals surface area (Å²) < 4.78 is 4.70. The molecule has 3 heteroatoms. The number of para-hydroxylation sites is 4. The molecular formula is C45H29N3. The Kier molecular flexibility index (Phi) is 5.87. The van der Waals surface area contributed by atoms with Crippen LogP contribution in [-0.4, -0.2) is 14.1 Å². The molecule has 0 aliphatic rings. The number of benzene rings is 8. The quantitative estimate of drug-likeness (QED) is 0.182. The van der Waals surface area contributed by atoms with Gasteiger partial charge in [-0.25, -0.2) is 4.98 Å². The maximum Gasteiger partial charge on any atom is 0.145 e. The van der Waals surface area contributed by atoms with Gasteiger partial charge < -0.3 is 4.57 Å². The second-order valence-electron chi connectivity index (χ2n) is 12.4. The molecule has 10 aromatic rings. The predicted molar refractivity (Wildman–Crippen MR) is 201 cm³/mol. The van der Waals surface area contributed by atoms with Crippen LogP contribution in [0.25, 0.3) is 88.3 Å². The SMILES string of the molecule is c1ccc(-n2c(-c3ccc(-c4ccc5c(c4)c4c6ccccc6c6ccccc6c4n5-c4ccccc4)cc3)nc3ccccc32)cc1. The van der Waals surface area contributed by atoms with E-state index in [9.17, 15) is 0 Å². The van der Waals surface area contributed by atoms with Crippen molar-refractivity contribution in [1.82, 2.24) is 14.1 Å². The number of aromatic nitrogens is 3. The Hall–Kier alpha value is -6.45. The van der Waals surface area contributed by atoms with Crippen molar-refractivity contribution < 1.29 is 0 Å². The molecule has 0 amide bonds. The molecule has 0 N–H and O–H groups in total. The summed E-state index contributed by atoms with van der Waals surface area (Å²) >= 11 is 0. The maximum absolute atomic E-state index is 5.08. The van der Waals surface area contributed by atoms with E-state index in [1.165, 1.54) is 54.5 Å². The van der Waals surface area contributed by atoms with Crippen LogP contribution in [0.1, 0.15) is 0 Å². The van der Waals surface area contributed by atoms with Crippen molar-refractivity contribution in [3.63, 3.8) is 0 Å². The smallest absolute Gasteiger partial charge is 0.145 e. The molecule has 0 fully saturated rings. The lowest BCUT2D eigenvalue weighted by atomic mass is 9.95. The van der Waals surface area contributed by atoms with Gasteiger partial charge in [-0.2, -0.15) is 0 Å². The second-order valence-corrected chi connectivity index (χ2v) is 12.4. The minimum atomic E-state index is 0.939. The van der Waals surface area contributed by atoms with Crippen molar-refractivity contribution in [2.24, 2.45) is 0 Å². The summed E-state index contributed by atoms with van der Waals surface area (Å²) in [5.41, 5.74) is 10.2. The lowest BCUT2D eigenvalue weighted by Crippen LogP contribution is -1.97. The van der Waals surface area contributed by atoms with E-state index in [0.29, 0.717) is 0 Å². The first-order valence-electron chi connectivity index (χ1n) is 16.4. The number of imidazole rings is 1. The van der Waals surface area contributed by atoms with E-state index in [0.717, 1.165) is 33.8 Å². The molecule has 0 unspecified atom stereocenters. The van der Waals surface area contributed by atoms with E-state index >= 15 is 0 Å². The zero-order valence-corrected chi connectivity index (χ0v) is 26.1. The third-order valence-corrected chi connectivity index (χ3v) is 9.70. The minimum Gasteiger partial charge on any atom is -0.309 e. The summed E-state index contributed by atoms with van der Waals surface area (Å²) in [4.78, 5) is 5.08. The third-order valence-electron chi connectivity index (χ3n) is 9.70. The Morgan fingerprint density at radius 3 is 1.62 bits per heavy atom. The molecule has 224 valence electrons. The maximum atomic E-state index is 5.08. The molecule has 0 saturated heterocycles. The summed E-state index contributed by atoms with van der Waals surface area (Å²) in [5, 5.41) is 7.64. The van der Waals surface area contributed by atoms with Crippen LogP contribution in [0.5, 0.6) is 0 Å². The zero-order chi connectivity index (χ0) is 31.6. The number of rotatable bonds is 4. The second kappa shape index (κ2) is 10.5. The molecular weight excluding hydrogens is 583 g/mol. The number of hydrogen-bond donors (Lipinski definition) is 0. The first kappa shape index (κ1) is 26.7. The van der Waals surface area contributed by atoms with Crippen LogP contribution in [0.4, 0.5) is 0 Å². The monoisotopic (exact) mass is 611 g/mol. The standard InChI is InChI=1S/C45H29N3/c1-3-13-33(14-4-1)47-41-28-27-32(29-39(41)43-37-19-9-7-17-35(37)36-18-8-10-20-38(36)44(43)47)30-23-25-31(26-24-30)45-46-40-21-11-12-22-42(40)48(45)34-15-5-2-6-16-34/h1-29H. The first-order valence-corrected chi connectivity index (χ1v) is 16.4. The number of hydrogen-bond acceptors (Lipinski definition) is 1. The van der Waals surface area contributed by atoms with E-state index in [4.69, 9.17) is 4.98 Å². The average molecular weight is 612 g/mol. The van der Waals surface area contributed by atoms with Gasteiger partial charge in [-0.3, -0.25) is 4.57 Å². The van der Waals surface area contributed by atoms with Gasteiger partial charge in [0.2, 0.25) is 0 Å². The summed E-state index contributed by atoms with van der Waals surface area (Å²) in [5.74, 6) is 0.939. The normalized spacial score (nSPS) is 11.8. The van der Waals surface area contributed by atoms with Gasteiger partial charge in [-0.1, -0.05) is 127 Å². The molecule has 0 radical (unpaired) electrons.